The number of amides is 1. The minimum Gasteiger partial charge on any atom is -0.494 e. The van der Waals surface area contributed by atoms with Crippen molar-refractivity contribution in [1.29, 1.82) is 0 Å². The number of carbonyl (C=O) groups is 1. The van der Waals surface area contributed by atoms with E-state index in [0.29, 0.717) is 24.3 Å². The van der Waals surface area contributed by atoms with E-state index in [1.165, 1.54) is 23.2 Å². The molecular weight excluding hydrogens is 360 g/mol. The number of hydrogen-bond acceptors (Lipinski definition) is 5. The maximum Gasteiger partial charge on any atom is 0.302 e. The Hall–Kier alpha value is -2.86. The molecule has 1 aromatic heterocycles. The lowest BCUT2D eigenvalue weighted by Crippen LogP contribution is -2.30. The molecule has 2 aromatic carbocycles. The molecule has 0 fully saturated rings. The number of aromatic nitrogens is 1. The average Bonchev–Trinajstić information content (AvgIpc) is 3.12. The Morgan fingerprint density at radius 3 is 2.56 bits per heavy atom. The number of nitrogens with zero attached hydrogens (tertiary/aromatic N) is 2. The topological polar surface area (TPSA) is 51.7 Å². The first-order valence-corrected chi connectivity index (χ1v) is 9.69. The summed E-state index contributed by atoms with van der Waals surface area (Å²) in [6.07, 6.45) is 1.38. The van der Waals surface area contributed by atoms with E-state index in [1.807, 2.05) is 48.5 Å². The van der Waals surface area contributed by atoms with Crippen LogP contribution in [-0.2, 0) is 14.3 Å². The highest BCUT2D eigenvalue weighted by atomic mass is 32.1. The Morgan fingerprint density at radius 1 is 1.11 bits per heavy atom. The first-order valence-electron chi connectivity index (χ1n) is 8.88. The molecule has 4 rings (SSSR count). The lowest BCUT2D eigenvalue weighted by molar-refractivity contribution is -0.119. The summed E-state index contributed by atoms with van der Waals surface area (Å²) in [5, 5.41) is 0.605. The number of carbonyl (C=O) groups excluding carboxylic acids is 1. The SMILES string of the molecule is CC(C)c1ccc(N(C(=O)C2=COCCO2)c2nc3ccccc3s2)cc1. The number of anilines is 2. The minimum absolute atomic E-state index is 0.188. The van der Waals surface area contributed by atoms with Gasteiger partial charge in [0, 0.05) is 0 Å². The largest absolute Gasteiger partial charge is 0.494 e. The molecule has 0 atom stereocenters. The van der Waals surface area contributed by atoms with Gasteiger partial charge in [-0.3, -0.25) is 4.79 Å². The summed E-state index contributed by atoms with van der Waals surface area (Å²) in [7, 11) is 0. The summed E-state index contributed by atoms with van der Waals surface area (Å²) in [5.74, 6) is 0.322. The Labute approximate surface area is 161 Å². The van der Waals surface area contributed by atoms with Crippen molar-refractivity contribution in [2.75, 3.05) is 18.1 Å². The van der Waals surface area contributed by atoms with Gasteiger partial charge in [-0.15, -0.1) is 0 Å². The van der Waals surface area contributed by atoms with Gasteiger partial charge in [0.25, 0.3) is 0 Å². The Kier molecular flexibility index (Phi) is 4.81. The van der Waals surface area contributed by atoms with E-state index in [-0.39, 0.29) is 11.7 Å². The first-order chi connectivity index (χ1) is 13.1. The lowest BCUT2D eigenvalue weighted by Gasteiger charge is -2.23. The standard InChI is InChI=1S/C21H20N2O3S/c1-14(2)15-7-9-16(10-8-15)23(20(24)18-13-25-11-12-26-18)21-22-17-5-3-4-6-19(17)27-21/h3-10,13-14H,11-12H2,1-2H3. The molecule has 27 heavy (non-hydrogen) atoms. The maximum absolute atomic E-state index is 13.2. The molecule has 0 aliphatic carbocycles. The summed E-state index contributed by atoms with van der Waals surface area (Å²) < 4.78 is 11.8. The van der Waals surface area contributed by atoms with Gasteiger partial charge in [-0.1, -0.05) is 49.4 Å². The van der Waals surface area contributed by atoms with Crippen LogP contribution in [0, 0.1) is 0 Å². The second kappa shape index (κ2) is 7.40. The molecule has 0 spiro atoms. The highest BCUT2D eigenvalue weighted by Gasteiger charge is 2.27. The van der Waals surface area contributed by atoms with Gasteiger partial charge in [0.15, 0.2) is 5.13 Å². The van der Waals surface area contributed by atoms with Gasteiger partial charge in [-0.25, -0.2) is 9.88 Å². The molecule has 0 N–H and O–H groups in total. The van der Waals surface area contributed by atoms with Crippen LogP contribution in [0.25, 0.3) is 10.2 Å². The van der Waals surface area contributed by atoms with Crippen LogP contribution in [0.3, 0.4) is 0 Å². The third kappa shape index (κ3) is 3.53. The summed E-state index contributed by atoms with van der Waals surface area (Å²) in [6, 6.07) is 15.8. The van der Waals surface area contributed by atoms with E-state index >= 15 is 0 Å². The van der Waals surface area contributed by atoms with Crippen LogP contribution < -0.4 is 4.90 Å². The molecule has 1 aliphatic heterocycles. The Bertz CT molecular complexity index is 959. The van der Waals surface area contributed by atoms with Crippen molar-refractivity contribution in [3.63, 3.8) is 0 Å². The molecule has 0 saturated heterocycles. The van der Waals surface area contributed by atoms with Crippen molar-refractivity contribution in [1.82, 2.24) is 4.98 Å². The van der Waals surface area contributed by atoms with E-state index in [4.69, 9.17) is 9.47 Å². The Morgan fingerprint density at radius 2 is 1.89 bits per heavy atom. The Balaban J connectivity index is 1.78. The monoisotopic (exact) mass is 380 g/mol. The van der Waals surface area contributed by atoms with E-state index < -0.39 is 0 Å². The van der Waals surface area contributed by atoms with Crippen LogP contribution in [0.4, 0.5) is 10.8 Å². The number of para-hydroxylation sites is 1. The highest BCUT2D eigenvalue weighted by molar-refractivity contribution is 7.22. The number of rotatable bonds is 4. The molecule has 2 heterocycles. The summed E-state index contributed by atoms with van der Waals surface area (Å²) in [6.45, 7) is 5.09. The van der Waals surface area contributed by atoms with Gasteiger partial charge >= 0.3 is 5.91 Å². The molecule has 0 saturated carbocycles. The van der Waals surface area contributed by atoms with E-state index in [2.05, 4.69) is 18.8 Å². The van der Waals surface area contributed by atoms with E-state index in [0.717, 1.165) is 15.9 Å². The molecule has 0 bridgehead atoms. The van der Waals surface area contributed by atoms with Crippen molar-refractivity contribution in [3.05, 3.63) is 66.1 Å². The van der Waals surface area contributed by atoms with Gasteiger partial charge < -0.3 is 9.47 Å². The fourth-order valence-electron chi connectivity index (χ4n) is 2.87. The number of hydrogen-bond donors (Lipinski definition) is 0. The second-order valence-electron chi connectivity index (χ2n) is 6.55. The molecule has 1 aliphatic rings. The van der Waals surface area contributed by atoms with Gasteiger partial charge in [-0.05, 0) is 35.7 Å². The predicted octanol–water partition coefficient (Wildman–Crippen LogP) is 4.97. The predicted molar refractivity (Wildman–Crippen MR) is 107 cm³/mol. The van der Waals surface area contributed by atoms with Crippen molar-refractivity contribution >= 4 is 38.3 Å². The van der Waals surface area contributed by atoms with Gasteiger partial charge in [0.05, 0.1) is 15.9 Å². The van der Waals surface area contributed by atoms with Crippen LogP contribution in [0.5, 0.6) is 0 Å². The number of benzene rings is 2. The van der Waals surface area contributed by atoms with Crippen LogP contribution in [-0.4, -0.2) is 24.1 Å². The average molecular weight is 380 g/mol. The lowest BCUT2D eigenvalue weighted by atomic mass is 10.0. The van der Waals surface area contributed by atoms with Crippen LogP contribution >= 0.6 is 11.3 Å². The minimum atomic E-state index is -0.286. The van der Waals surface area contributed by atoms with E-state index in [1.54, 1.807) is 4.90 Å². The van der Waals surface area contributed by atoms with E-state index in [9.17, 15) is 4.79 Å². The third-order valence-electron chi connectivity index (χ3n) is 4.35. The number of fused-ring (bicyclic) bond motifs is 1. The third-order valence-corrected chi connectivity index (χ3v) is 5.38. The van der Waals surface area contributed by atoms with Crippen molar-refractivity contribution in [2.45, 2.75) is 19.8 Å². The quantitative estimate of drug-likeness (QED) is 0.641. The maximum atomic E-state index is 13.2. The van der Waals surface area contributed by atoms with Crippen LogP contribution in [0.1, 0.15) is 25.3 Å². The van der Waals surface area contributed by atoms with Gasteiger partial charge in [0.2, 0.25) is 5.76 Å². The molecule has 138 valence electrons. The zero-order valence-corrected chi connectivity index (χ0v) is 16.0. The van der Waals surface area contributed by atoms with Crippen LogP contribution in [0.15, 0.2) is 60.6 Å². The van der Waals surface area contributed by atoms with Crippen molar-refractivity contribution < 1.29 is 14.3 Å². The molecule has 0 unspecified atom stereocenters. The molecule has 3 aromatic rings. The molecular formula is C21H20N2O3S. The number of ether oxygens (including phenoxy) is 2. The molecule has 1 amide bonds. The van der Waals surface area contributed by atoms with Crippen LogP contribution in [0.2, 0.25) is 0 Å². The van der Waals surface area contributed by atoms with Crippen molar-refractivity contribution in [2.24, 2.45) is 0 Å². The molecule has 5 nitrogen and oxygen atoms in total. The fraction of sp³-hybridized carbons (Fsp3) is 0.238. The normalized spacial score (nSPS) is 13.8. The summed E-state index contributed by atoms with van der Waals surface area (Å²) in [4.78, 5) is 19.5. The molecule has 0 radical (unpaired) electrons. The highest BCUT2D eigenvalue weighted by Crippen LogP contribution is 2.35. The zero-order valence-electron chi connectivity index (χ0n) is 15.2. The summed E-state index contributed by atoms with van der Waals surface area (Å²) in [5.41, 5.74) is 2.83. The zero-order chi connectivity index (χ0) is 18.8. The fourth-order valence-corrected chi connectivity index (χ4v) is 3.85. The molecule has 6 heteroatoms. The summed E-state index contributed by atoms with van der Waals surface area (Å²) >= 11 is 1.47. The first kappa shape index (κ1) is 17.5. The van der Waals surface area contributed by atoms with Crippen molar-refractivity contribution in [3.8, 4) is 0 Å². The number of thiazole rings is 1. The van der Waals surface area contributed by atoms with Gasteiger partial charge in [-0.2, -0.15) is 0 Å². The van der Waals surface area contributed by atoms with Gasteiger partial charge in [0.1, 0.15) is 19.5 Å². The smallest absolute Gasteiger partial charge is 0.302 e. The second-order valence-corrected chi connectivity index (χ2v) is 7.56.